The number of non-ortho nitro benzene ring substituents is 1. The molecule has 1 aromatic heterocycles. The van der Waals surface area contributed by atoms with Crippen LogP contribution >= 0.6 is 0 Å². The van der Waals surface area contributed by atoms with E-state index in [1.54, 1.807) is 24.4 Å². The van der Waals surface area contributed by atoms with Gasteiger partial charge in [-0.3, -0.25) is 10.1 Å². The average Bonchev–Trinajstić information content (AvgIpc) is 2.89. The number of H-pyrrole nitrogens is 1. The van der Waals surface area contributed by atoms with Crippen LogP contribution in [0.2, 0.25) is 0 Å². The van der Waals surface area contributed by atoms with Gasteiger partial charge in [-0.15, -0.1) is 0 Å². The van der Waals surface area contributed by atoms with Crippen molar-refractivity contribution < 1.29 is 4.92 Å². The van der Waals surface area contributed by atoms with E-state index in [0.717, 1.165) is 5.69 Å². The van der Waals surface area contributed by atoms with Gasteiger partial charge < -0.3 is 4.98 Å². The Bertz CT molecular complexity index is 619. The Labute approximate surface area is 103 Å². The molecule has 0 unspecified atom stereocenters. The molecule has 1 N–H and O–H groups in total. The van der Waals surface area contributed by atoms with Crippen LogP contribution in [0.5, 0.6) is 0 Å². The quantitative estimate of drug-likeness (QED) is 0.507. The van der Waals surface area contributed by atoms with Gasteiger partial charge in [-0.05, 0) is 35.9 Å². The number of allylic oxidation sites excluding steroid dienone is 1. The van der Waals surface area contributed by atoms with Crippen LogP contribution in [-0.4, -0.2) is 9.91 Å². The predicted octanol–water partition coefficient (Wildman–Crippen LogP) is 2.99. The zero-order chi connectivity index (χ0) is 13.0. The van der Waals surface area contributed by atoms with E-state index in [4.69, 9.17) is 5.26 Å². The molecule has 5 nitrogen and oxygen atoms in total. The first kappa shape index (κ1) is 11.6. The number of nitrogens with one attached hydrogen (secondary N) is 1. The highest BCUT2D eigenvalue weighted by Gasteiger charge is 2.06. The Kier molecular flexibility index (Phi) is 3.21. The average molecular weight is 239 g/mol. The Balaban J connectivity index is 2.35. The van der Waals surface area contributed by atoms with E-state index in [9.17, 15) is 10.1 Å². The normalized spacial score (nSPS) is 10.9. The summed E-state index contributed by atoms with van der Waals surface area (Å²) in [6.07, 6.45) is 3.46. The van der Waals surface area contributed by atoms with Gasteiger partial charge in [-0.25, -0.2) is 0 Å². The maximum absolute atomic E-state index is 10.5. The molecule has 2 rings (SSSR count). The first-order chi connectivity index (χ1) is 8.70. The van der Waals surface area contributed by atoms with E-state index in [1.165, 1.54) is 12.1 Å². The standard InChI is InChI=1S/C13H9N3O2/c14-9-11(8-12-2-1-7-15-12)10-3-5-13(6-4-10)16(17)18/h1-8,15H/b11-8-. The number of benzene rings is 1. The highest BCUT2D eigenvalue weighted by Crippen LogP contribution is 2.20. The molecular weight excluding hydrogens is 230 g/mol. The molecule has 0 fully saturated rings. The molecule has 5 heteroatoms. The summed E-state index contributed by atoms with van der Waals surface area (Å²) in [4.78, 5) is 13.0. The Hall–Kier alpha value is -2.87. The fraction of sp³-hybridized carbons (Fsp3) is 0. The van der Waals surface area contributed by atoms with Crippen LogP contribution in [0.3, 0.4) is 0 Å². The van der Waals surface area contributed by atoms with Crippen LogP contribution in [0.1, 0.15) is 11.3 Å². The Morgan fingerprint density at radius 2 is 2.06 bits per heavy atom. The van der Waals surface area contributed by atoms with Crippen molar-refractivity contribution in [2.24, 2.45) is 0 Å². The molecule has 0 saturated heterocycles. The third kappa shape index (κ3) is 2.44. The summed E-state index contributed by atoms with van der Waals surface area (Å²) in [5.41, 5.74) is 1.92. The lowest BCUT2D eigenvalue weighted by atomic mass is 10.1. The second-order valence-corrected chi connectivity index (χ2v) is 3.60. The van der Waals surface area contributed by atoms with E-state index in [2.05, 4.69) is 11.1 Å². The number of nitro groups is 1. The van der Waals surface area contributed by atoms with E-state index in [1.807, 2.05) is 12.1 Å². The van der Waals surface area contributed by atoms with Gasteiger partial charge in [0.2, 0.25) is 0 Å². The van der Waals surface area contributed by atoms with Gasteiger partial charge in [0.05, 0.1) is 16.6 Å². The van der Waals surface area contributed by atoms with Crippen LogP contribution in [0.4, 0.5) is 5.69 Å². The first-order valence-electron chi connectivity index (χ1n) is 5.21. The summed E-state index contributed by atoms with van der Waals surface area (Å²) in [5.74, 6) is 0. The number of aromatic nitrogens is 1. The van der Waals surface area contributed by atoms with Gasteiger partial charge in [0.15, 0.2) is 0 Å². The monoisotopic (exact) mass is 239 g/mol. The predicted molar refractivity (Wildman–Crippen MR) is 67.4 cm³/mol. The van der Waals surface area contributed by atoms with Crippen LogP contribution < -0.4 is 0 Å². The van der Waals surface area contributed by atoms with Crippen molar-refractivity contribution in [2.75, 3.05) is 0 Å². The molecule has 88 valence electrons. The third-order valence-corrected chi connectivity index (χ3v) is 2.43. The summed E-state index contributed by atoms with van der Waals surface area (Å²) in [6, 6.07) is 11.6. The number of nitrogens with zero attached hydrogens (tertiary/aromatic N) is 2. The van der Waals surface area contributed by atoms with E-state index < -0.39 is 4.92 Å². The van der Waals surface area contributed by atoms with Gasteiger partial charge in [0.25, 0.3) is 5.69 Å². The minimum Gasteiger partial charge on any atom is -0.362 e. The van der Waals surface area contributed by atoms with Gasteiger partial charge in [0.1, 0.15) is 0 Å². The summed E-state index contributed by atoms with van der Waals surface area (Å²) < 4.78 is 0. The van der Waals surface area contributed by atoms with Crippen LogP contribution in [0, 0.1) is 21.4 Å². The number of nitro benzene ring substituents is 1. The summed E-state index contributed by atoms with van der Waals surface area (Å²) in [6.45, 7) is 0. The molecule has 0 aliphatic heterocycles. The number of aromatic amines is 1. The van der Waals surface area contributed by atoms with E-state index in [-0.39, 0.29) is 5.69 Å². The molecule has 0 spiro atoms. The Morgan fingerprint density at radius 1 is 1.33 bits per heavy atom. The molecule has 1 aromatic carbocycles. The molecule has 0 atom stereocenters. The SMILES string of the molecule is N#C/C(=C/c1ccc[nH]1)c1ccc([N+](=O)[O-])cc1. The van der Waals surface area contributed by atoms with Crippen molar-refractivity contribution in [3.05, 3.63) is 64.0 Å². The third-order valence-electron chi connectivity index (χ3n) is 2.43. The topological polar surface area (TPSA) is 82.7 Å². The highest BCUT2D eigenvalue weighted by molar-refractivity contribution is 5.89. The van der Waals surface area contributed by atoms with Crippen LogP contribution in [0.15, 0.2) is 42.6 Å². The van der Waals surface area contributed by atoms with Crippen molar-refractivity contribution in [3.63, 3.8) is 0 Å². The fourth-order valence-corrected chi connectivity index (χ4v) is 1.53. The summed E-state index contributed by atoms with van der Waals surface area (Å²) >= 11 is 0. The molecule has 0 bridgehead atoms. The second-order valence-electron chi connectivity index (χ2n) is 3.60. The van der Waals surface area contributed by atoms with Crippen LogP contribution in [0.25, 0.3) is 11.6 Å². The largest absolute Gasteiger partial charge is 0.362 e. The number of hydrogen-bond donors (Lipinski definition) is 1. The number of nitriles is 1. The van der Waals surface area contributed by atoms with Crippen molar-refractivity contribution in [1.29, 1.82) is 5.26 Å². The zero-order valence-electron chi connectivity index (χ0n) is 9.33. The smallest absolute Gasteiger partial charge is 0.269 e. The maximum atomic E-state index is 10.5. The molecule has 0 amide bonds. The van der Waals surface area contributed by atoms with Gasteiger partial charge in [0, 0.05) is 24.0 Å². The maximum Gasteiger partial charge on any atom is 0.269 e. The molecule has 1 heterocycles. The van der Waals surface area contributed by atoms with Gasteiger partial charge in [-0.1, -0.05) is 0 Å². The molecule has 18 heavy (non-hydrogen) atoms. The van der Waals surface area contributed by atoms with Gasteiger partial charge in [-0.2, -0.15) is 5.26 Å². The molecule has 0 aliphatic rings. The minimum absolute atomic E-state index is 0.0101. The second kappa shape index (κ2) is 4.97. The number of hydrogen-bond acceptors (Lipinski definition) is 3. The minimum atomic E-state index is -0.468. The Morgan fingerprint density at radius 3 is 2.56 bits per heavy atom. The van der Waals surface area contributed by atoms with Gasteiger partial charge >= 0.3 is 0 Å². The molecule has 2 aromatic rings. The van der Waals surface area contributed by atoms with Crippen molar-refractivity contribution in [2.45, 2.75) is 0 Å². The lowest BCUT2D eigenvalue weighted by Crippen LogP contribution is -1.88. The zero-order valence-corrected chi connectivity index (χ0v) is 9.33. The van der Waals surface area contributed by atoms with Crippen molar-refractivity contribution >= 4 is 17.3 Å². The van der Waals surface area contributed by atoms with E-state index >= 15 is 0 Å². The lowest BCUT2D eigenvalue weighted by Gasteiger charge is -1.98. The fourth-order valence-electron chi connectivity index (χ4n) is 1.53. The lowest BCUT2D eigenvalue weighted by molar-refractivity contribution is -0.384. The molecule has 0 radical (unpaired) electrons. The molecular formula is C13H9N3O2. The highest BCUT2D eigenvalue weighted by atomic mass is 16.6. The number of rotatable bonds is 3. The summed E-state index contributed by atoms with van der Waals surface area (Å²) in [7, 11) is 0. The molecule has 0 aliphatic carbocycles. The van der Waals surface area contributed by atoms with E-state index in [0.29, 0.717) is 11.1 Å². The molecule has 0 saturated carbocycles. The van der Waals surface area contributed by atoms with Crippen LogP contribution in [-0.2, 0) is 0 Å². The van der Waals surface area contributed by atoms with Crippen molar-refractivity contribution in [1.82, 2.24) is 4.98 Å². The van der Waals surface area contributed by atoms with Crippen molar-refractivity contribution in [3.8, 4) is 6.07 Å². The summed E-state index contributed by atoms with van der Waals surface area (Å²) in [5, 5.41) is 19.6. The first-order valence-corrected chi connectivity index (χ1v) is 5.21.